The van der Waals surface area contributed by atoms with E-state index in [2.05, 4.69) is 48.6 Å². The number of hydrogen-bond donors (Lipinski definition) is 1. The molecule has 1 aromatic heterocycles. The van der Waals surface area contributed by atoms with Gasteiger partial charge in [0.25, 0.3) is 0 Å². The molecule has 1 N–H and O–H groups in total. The summed E-state index contributed by atoms with van der Waals surface area (Å²) in [6.07, 6.45) is 4.77. The molecule has 0 aliphatic carbocycles. The Morgan fingerprint density at radius 1 is 1.12 bits per heavy atom. The first-order chi connectivity index (χ1) is 12.5. The third kappa shape index (κ3) is 6.93. The molecule has 0 bridgehead atoms. The van der Waals surface area contributed by atoms with Gasteiger partial charge in [-0.05, 0) is 55.1 Å². The third-order valence-electron chi connectivity index (χ3n) is 4.69. The molecule has 0 aliphatic rings. The highest BCUT2D eigenvalue weighted by atomic mass is 19.1. The topological polar surface area (TPSA) is 28.4 Å². The predicted molar refractivity (Wildman–Crippen MR) is 106 cm³/mol. The Hall–Kier alpha value is -1.65. The van der Waals surface area contributed by atoms with E-state index in [0.717, 1.165) is 44.5 Å². The van der Waals surface area contributed by atoms with Crippen LogP contribution in [-0.4, -0.2) is 33.8 Å². The van der Waals surface area contributed by atoms with Crippen molar-refractivity contribution < 1.29 is 9.50 Å². The number of rotatable bonds is 11. The van der Waals surface area contributed by atoms with Crippen LogP contribution in [0.1, 0.15) is 51.3 Å². The lowest BCUT2D eigenvalue weighted by Crippen LogP contribution is -2.34. The van der Waals surface area contributed by atoms with Gasteiger partial charge in [-0.15, -0.1) is 0 Å². The van der Waals surface area contributed by atoms with Gasteiger partial charge in [0.2, 0.25) is 0 Å². The first kappa shape index (κ1) is 20.7. The van der Waals surface area contributed by atoms with E-state index in [1.807, 2.05) is 12.1 Å². The van der Waals surface area contributed by atoms with Crippen LogP contribution < -0.4 is 0 Å². The van der Waals surface area contributed by atoms with E-state index in [1.165, 1.54) is 17.8 Å². The van der Waals surface area contributed by atoms with Crippen molar-refractivity contribution >= 4 is 0 Å². The van der Waals surface area contributed by atoms with Gasteiger partial charge < -0.3 is 9.67 Å². The molecular formula is C22H33FN2O. The fraction of sp³-hybridized carbons (Fsp3) is 0.545. The van der Waals surface area contributed by atoms with Gasteiger partial charge in [0.05, 0.1) is 6.10 Å². The molecule has 0 aliphatic heterocycles. The fourth-order valence-corrected chi connectivity index (χ4v) is 3.16. The molecule has 0 radical (unpaired) electrons. The molecular weight excluding hydrogens is 327 g/mol. The molecule has 0 spiro atoms. The average Bonchev–Trinajstić information content (AvgIpc) is 3.01. The molecule has 1 aromatic carbocycles. The molecule has 2 aromatic rings. The number of benzene rings is 1. The van der Waals surface area contributed by atoms with Crippen LogP contribution in [0.2, 0.25) is 0 Å². The lowest BCUT2D eigenvalue weighted by molar-refractivity contribution is 0.0969. The summed E-state index contributed by atoms with van der Waals surface area (Å²) in [5.74, 6) is 0.443. The van der Waals surface area contributed by atoms with Gasteiger partial charge in [-0.3, -0.25) is 4.90 Å². The molecule has 0 saturated heterocycles. The second kappa shape index (κ2) is 10.5. The Morgan fingerprint density at radius 2 is 1.85 bits per heavy atom. The van der Waals surface area contributed by atoms with Crippen LogP contribution in [0.5, 0.6) is 0 Å². The zero-order chi connectivity index (χ0) is 18.9. The third-order valence-corrected chi connectivity index (χ3v) is 4.69. The lowest BCUT2D eigenvalue weighted by Gasteiger charge is -2.26. The smallest absolute Gasteiger partial charge is 0.123 e. The SMILES string of the molecule is CCC[C@@H](O)CN(CCC(C)C)Cc1cccn1Cc1ccc(F)cc1. The van der Waals surface area contributed by atoms with Crippen molar-refractivity contribution in [1.29, 1.82) is 0 Å². The summed E-state index contributed by atoms with van der Waals surface area (Å²) in [4.78, 5) is 2.36. The molecule has 3 nitrogen and oxygen atoms in total. The minimum Gasteiger partial charge on any atom is -0.392 e. The Labute approximate surface area is 157 Å². The number of halogens is 1. The maximum atomic E-state index is 13.1. The summed E-state index contributed by atoms with van der Waals surface area (Å²) in [6.45, 7) is 9.83. The highest BCUT2D eigenvalue weighted by Gasteiger charge is 2.14. The van der Waals surface area contributed by atoms with Crippen LogP contribution in [-0.2, 0) is 13.1 Å². The number of aliphatic hydroxyl groups excluding tert-OH is 1. The summed E-state index contributed by atoms with van der Waals surface area (Å²) in [5, 5.41) is 10.3. The molecule has 1 heterocycles. The van der Waals surface area contributed by atoms with Crippen LogP contribution in [0.3, 0.4) is 0 Å². The Kier molecular flexibility index (Phi) is 8.33. The molecule has 0 saturated carbocycles. The quantitative estimate of drug-likeness (QED) is 0.630. The largest absolute Gasteiger partial charge is 0.392 e. The van der Waals surface area contributed by atoms with E-state index < -0.39 is 0 Å². The molecule has 4 heteroatoms. The molecule has 26 heavy (non-hydrogen) atoms. The van der Waals surface area contributed by atoms with Gasteiger partial charge in [-0.2, -0.15) is 0 Å². The van der Waals surface area contributed by atoms with Crippen LogP contribution in [0.4, 0.5) is 4.39 Å². The second-order valence-corrected chi connectivity index (χ2v) is 7.61. The van der Waals surface area contributed by atoms with Gasteiger partial charge in [-0.25, -0.2) is 4.39 Å². The zero-order valence-corrected chi connectivity index (χ0v) is 16.4. The highest BCUT2D eigenvalue weighted by molar-refractivity contribution is 5.18. The number of aliphatic hydroxyl groups is 1. The molecule has 0 unspecified atom stereocenters. The molecule has 144 valence electrons. The van der Waals surface area contributed by atoms with E-state index >= 15 is 0 Å². The van der Waals surface area contributed by atoms with Gasteiger partial charge in [0.1, 0.15) is 5.82 Å². The average molecular weight is 361 g/mol. The van der Waals surface area contributed by atoms with Crippen molar-refractivity contribution in [2.24, 2.45) is 5.92 Å². The van der Waals surface area contributed by atoms with Crippen molar-refractivity contribution in [3.63, 3.8) is 0 Å². The standard InChI is InChI=1S/C22H33FN2O/c1-4-6-22(26)17-24(14-12-18(2)3)16-21-7-5-13-25(21)15-19-8-10-20(23)11-9-19/h5,7-11,13,18,22,26H,4,6,12,14-17H2,1-3H3/t22-/m1/s1. The van der Waals surface area contributed by atoms with E-state index in [1.54, 1.807) is 0 Å². The van der Waals surface area contributed by atoms with E-state index in [0.29, 0.717) is 12.5 Å². The first-order valence-corrected chi connectivity index (χ1v) is 9.76. The van der Waals surface area contributed by atoms with Crippen molar-refractivity contribution in [1.82, 2.24) is 9.47 Å². The summed E-state index contributed by atoms with van der Waals surface area (Å²) in [7, 11) is 0. The van der Waals surface area contributed by atoms with Gasteiger partial charge in [0.15, 0.2) is 0 Å². The number of hydrogen-bond acceptors (Lipinski definition) is 2. The highest BCUT2D eigenvalue weighted by Crippen LogP contribution is 2.14. The van der Waals surface area contributed by atoms with Crippen molar-refractivity contribution in [3.8, 4) is 0 Å². The maximum Gasteiger partial charge on any atom is 0.123 e. The van der Waals surface area contributed by atoms with Crippen molar-refractivity contribution in [2.75, 3.05) is 13.1 Å². The van der Waals surface area contributed by atoms with Crippen molar-refractivity contribution in [2.45, 2.75) is 59.2 Å². The Morgan fingerprint density at radius 3 is 2.50 bits per heavy atom. The van der Waals surface area contributed by atoms with Crippen molar-refractivity contribution in [3.05, 3.63) is 59.7 Å². The van der Waals surface area contributed by atoms with Crippen LogP contribution in [0, 0.1) is 11.7 Å². The Bertz CT molecular complexity index is 636. The molecule has 0 amide bonds. The maximum absolute atomic E-state index is 13.1. The minimum absolute atomic E-state index is 0.203. The normalized spacial score (nSPS) is 12.9. The number of nitrogens with zero attached hydrogens (tertiary/aromatic N) is 2. The van der Waals surface area contributed by atoms with Gasteiger partial charge in [-0.1, -0.05) is 39.3 Å². The predicted octanol–water partition coefficient (Wildman–Crippen LogP) is 4.68. The lowest BCUT2D eigenvalue weighted by atomic mass is 10.1. The van der Waals surface area contributed by atoms with Crippen LogP contribution in [0.25, 0.3) is 0 Å². The van der Waals surface area contributed by atoms with E-state index in [-0.39, 0.29) is 11.9 Å². The summed E-state index contributed by atoms with van der Waals surface area (Å²) in [5.41, 5.74) is 2.31. The van der Waals surface area contributed by atoms with Crippen LogP contribution >= 0.6 is 0 Å². The monoisotopic (exact) mass is 360 g/mol. The molecule has 0 fully saturated rings. The summed E-state index contributed by atoms with van der Waals surface area (Å²) >= 11 is 0. The van der Waals surface area contributed by atoms with Gasteiger partial charge >= 0.3 is 0 Å². The molecule has 1 atom stereocenters. The number of aromatic nitrogens is 1. The molecule has 2 rings (SSSR count). The van der Waals surface area contributed by atoms with Gasteiger partial charge in [0, 0.05) is 31.5 Å². The second-order valence-electron chi connectivity index (χ2n) is 7.61. The first-order valence-electron chi connectivity index (χ1n) is 9.76. The van der Waals surface area contributed by atoms with Crippen LogP contribution in [0.15, 0.2) is 42.6 Å². The summed E-state index contributed by atoms with van der Waals surface area (Å²) < 4.78 is 15.3. The van der Waals surface area contributed by atoms with E-state index in [4.69, 9.17) is 0 Å². The Balaban J connectivity index is 2.04. The summed E-state index contributed by atoms with van der Waals surface area (Å²) in [6, 6.07) is 10.9. The fourth-order valence-electron chi connectivity index (χ4n) is 3.16. The zero-order valence-electron chi connectivity index (χ0n) is 16.4. The van der Waals surface area contributed by atoms with E-state index in [9.17, 15) is 9.50 Å². The minimum atomic E-state index is -0.271.